The number of hydrogen-bond donors (Lipinski definition) is 0. The number of ketones is 1. The summed E-state index contributed by atoms with van der Waals surface area (Å²) in [6, 6.07) is 15.0. The smallest absolute Gasteiger partial charge is 0.340 e. The average molecular weight is 353 g/mol. The van der Waals surface area contributed by atoms with E-state index in [1.165, 1.54) is 0 Å². The van der Waals surface area contributed by atoms with Crippen molar-refractivity contribution >= 4 is 34.4 Å². The summed E-state index contributed by atoms with van der Waals surface area (Å²) >= 11 is 1.61. The Morgan fingerprint density at radius 3 is 2.48 bits per heavy atom. The molecule has 128 valence electrons. The fraction of sp³-hybridized carbons (Fsp3) is 0.200. The van der Waals surface area contributed by atoms with Crippen LogP contribution in [-0.2, 0) is 11.3 Å². The highest BCUT2D eigenvalue weighted by Crippen LogP contribution is 2.22. The minimum atomic E-state index is -0.475. The summed E-state index contributed by atoms with van der Waals surface area (Å²) in [6.45, 7) is 2.51. The number of aryl methyl sites for hydroxylation is 1. The van der Waals surface area contributed by atoms with Crippen LogP contribution in [0, 0.1) is 0 Å². The van der Waals surface area contributed by atoms with Crippen molar-refractivity contribution in [1.29, 1.82) is 0 Å². The molecule has 0 radical (unpaired) electrons. The summed E-state index contributed by atoms with van der Waals surface area (Å²) in [7, 11) is 0. The van der Waals surface area contributed by atoms with Crippen molar-refractivity contribution in [2.45, 2.75) is 18.4 Å². The van der Waals surface area contributed by atoms with Gasteiger partial charge in [-0.2, -0.15) is 0 Å². The topological polar surface area (TPSA) is 48.3 Å². The van der Waals surface area contributed by atoms with Gasteiger partial charge in [-0.1, -0.05) is 30.3 Å². The number of hydrogen-bond acceptors (Lipinski definition) is 4. The van der Waals surface area contributed by atoms with Gasteiger partial charge in [0.1, 0.15) is 0 Å². The standard InChI is InChI=1S/C20H19NO3S/c1-3-21-12-17(16-6-4-5-7-18(16)21)20(23)24-13-19(22)14-8-10-15(25-2)11-9-14/h4-12H,3,13H2,1-2H3. The molecule has 0 bridgehead atoms. The number of carbonyl (C=O) groups excluding carboxylic acids is 2. The SMILES string of the molecule is CCn1cc(C(=O)OCC(=O)c2ccc(SC)cc2)c2ccccc21. The molecule has 3 rings (SSSR count). The fourth-order valence-corrected chi connectivity index (χ4v) is 3.15. The second-order valence-electron chi connectivity index (χ2n) is 5.57. The lowest BCUT2D eigenvalue weighted by Crippen LogP contribution is -2.14. The number of ether oxygens (including phenoxy) is 1. The van der Waals surface area contributed by atoms with Gasteiger partial charge < -0.3 is 9.30 Å². The van der Waals surface area contributed by atoms with Crippen LogP contribution in [0.5, 0.6) is 0 Å². The lowest BCUT2D eigenvalue weighted by Gasteiger charge is -2.04. The highest BCUT2D eigenvalue weighted by atomic mass is 32.2. The van der Waals surface area contributed by atoms with Crippen molar-refractivity contribution in [3.05, 3.63) is 65.9 Å². The maximum Gasteiger partial charge on any atom is 0.340 e. The Labute approximate surface area is 150 Å². The Kier molecular flexibility index (Phi) is 5.24. The number of nitrogens with zero attached hydrogens (tertiary/aromatic N) is 1. The zero-order valence-corrected chi connectivity index (χ0v) is 15.0. The summed E-state index contributed by atoms with van der Waals surface area (Å²) < 4.78 is 7.25. The quantitative estimate of drug-likeness (QED) is 0.374. The first-order valence-electron chi connectivity index (χ1n) is 8.06. The highest BCUT2D eigenvalue weighted by Gasteiger charge is 2.17. The first-order valence-corrected chi connectivity index (χ1v) is 9.28. The van der Waals surface area contributed by atoms with E-state index >= 15 is 0 Å². The number of esters is 1. The van der Waals surface area contributed by atoms with E-state index in [0.717, 1.165) is 22.3 Å². The van der Waals surface area contributed by atoms with Crippen molar-refractivity contribution < 1.29 is 14.3 Å². The first kappa shape index (κ1) is 17.3. The van der Waals surface area contributed by atoms with Gasteiger partial charge in [-0.15, -0.1) is 11.8 Å². The number of Topliss-reactive ketones (excluding diaryl/α,β-unsaturated/α-hetero) is 1. The number of benzene rings is 2. The zero-order chi connectivity index (χ0) is 17.8. The number of rotatable bonds is 6. The van der Waals surface area contributed by atoms with E-state index in [-0.39, 0.29) is 12.4 Å². The normalized spacial score (nSPS) is 10.8. The molecule has 0 aliphatic heterocycles. The predicted octanol–water partition coefficient (Wildman–Crippen LogP) is 4.42. The predicted molar refractivity (Wildman–Crippen MR) is 100 cm³/mol. The summed E-state index contributed by atoms with van der Waals surface area (Å²) in [4.78, 5) is 25.7. The maximum absolute atomic E-state index is 12.4. The van der Waals surface area contributed by atoms with Gasteiger partial charge in [-0.05, 0) is 31.4 Å². The minimum Gasteiger partial charge on any atom is -0.454 e. The van der Waals surface area contributed by atoms with E-state index in [4.69, 9.17) is 4.74 Å². The molecule has 0 N–H and O–H groups in total. The monoisotopic (exact) mass is 353 g/mol. The largest absolute Gasteiger partial charge is 0.454 e. The number of carbonyl (C=O) groups is 2. The van der Waals surface area contributed by atoms with E-state index < -0.39 is 5.97 Å². The molecule has 5 heteroatoms. The van der Waals surface area contributed by atoms with Crippen LogP contribution in [-0.4, -0.2) is 29.2 Å². The van der Waals surface area contributed by atoms with Crippen molar-refractivity contribution in [2.24, 2.45) is 0 Å². The molecular formula is C20H19NO3S. The van der Waals surface area contributed by atoms with Crippen molar-refractivity contribution in [1.82, 2.24) is 4.57 Å². The molecule has 1 aromatic heterocycles. The van der Waals surface area contributed by atoms with E-state index in [1.807, 2.05) is 54.1 Å². The number of para-hydroxylation sites is 1. The molecule has 25 heavy (non-hydrogen) atoms. The number of aromatic nitrogens is 1. The Balaban J connectivity index is 1.73. The third-order valence-corrected chi connectivity index (χ3v) is 4.84. The van der Waals surface area contributed by atoms with Gasteiger partial charge in [0, 0.05) is 34.1 Å². The van der Waals surface area contributed by atoms with Gasteiger partial charge in [0.25, 0.3) is 0 Å². The van der Waals surface area contributed by atoms with Crippen molar-refractivity contribution in [3.63, 3.8) is 0 Å². The Morgan fingerprint density at radius 2 is 1.80 bits per heavy atom. The summed E-state index contributed by atoms with van der Waals surface area (Å²) in [5.74, 6) is -0.683. The van der Waals surface area contributed by atoms with Gasteiger partial charge >= 0.3 is 5.97 Å². The molecule has 0 spiro atoms. The molecule has 0 aliphatic carbocycles. The van der Waals surface area contributed by atoms with Crippen molar-refractivity contribution in [3.8, 4) is 0 Å². The van der Waals surface area contributed by atoms with Gasteiger partial charge in [0.05, 0.1) is 5.56 Å². The van der Waals surface area contributed by atoms with Crippen LogP contribution in [0.3, 0.4) is 0 Å². The molecule has 0 amide bonds. The van der Waals surface area contributed by atoms with Crippen LogP contribution in [0.4, 0.5) is 0 Å². The van der Waals surface area contributed by atoms with E-state index in [9.17, 15) is 9.59 Å². The lowest BCUT2D eigenvalue weighted by molar-refractivity contribution is 0.0476. The van der Waals surface area contributed by atoms with Crippen LogP contribution < -0.4 is 0 Å². The molecule has 3 aromatic rings. The summed E-state index contributed by atoms with van der Waals surface area (Å²) in [5.41, 5.74) is 2.01. The van der Waals surface area contributed by atoms with Crippen LogP contribution in [0.25, 0.3) is 10.9 Å². The van der Waals surface area contributed by atoms with Crippen LogP contribution in [0.2, 0.25) is 0 Å². The van der Waals surface area contributed by atoms with Crippen LogP contribution in [0.1, 0.15) is 27.6 Å². The zero-order valence-electron chi connectivity index (χ0n) is 14.2. The third kappa shape index (κ3) is 3.61. The van der Waals surface area contributed by atoms with Gasteiger partial charge in [0.15, 0.2) is 12.4 Å². The van der Waals surface area contributed by atoms with Gasteiger partial charge in [-0.3, -0.25) is 4.79 Å². The van der Waals surface area contributed by atoms with Crippen molar-refractivity contribution in [2.75, 3.05) is 12.9 Å². The molecule has 0 fully saturated rings. The maximum atomic E-state index is 12.4. The lowest BCUT2D eigenvalue weighted by atomic mass is 10.1. The fourth-order valence-electron chi connectivity index (χ4n) is 2.74. The van der Waals surface area contributed by atoms with Crippen LogP contribution in [0.15, 0.2) is 59.6 Å². The second kappa shape index (κ2) is 7.57. The molecule has 0 saturated heterocycles. The van der Waals surface area contributed by atoms with Gasteiger partial charge in [-0.25, -0.2) is 4.79 Å². The summed E-state index contributed by atoms with van der Waals surface area (Å²) in [6.07, 6.45) is 3.76. The Bertz CT molecular complexity index is 912. The molecular weight excluding hydrogens is 334 g/mol. The highest BCUT2D eigenvalue weighted by molar-refractivity contribution is 7.98. The minimum absolute atomic E-state index is 0.208. The molecule has 0 unspecified atom stereocenters. The molecule has 0 aliphatic rings. The number of thioether (sulfide) groups is 1. The number of fused-ring (bicyclic) bond motifs is 1. The Morgan fingerprint density at radius 1 is 1.08 bits per heavy atom. The molecule has 1 heterocycles. The second-order valence-corrected chi connectivity index (χ2v) is 6.45. The average Bonchev–Trinajstić information content (AvgIpc) is 3.05. The van der Waals surface area contributed by atoms with E-state index in [2.05, 4.69) is 0 Å². The van der Waals surface area contributed by atoms with E-state index in [1.54, 1.807) is 30.1 Å². The molecule has 0 atom stereocenters. The first-order chi connectivity index (χ1) is 12.1. The molecule has 0 saturated carbocycles. The third-order valence-electron chi connectivity index (χ3n) is 4.10. The molecule has 4 nitrogen and oxygen atoms in total. The van der Waals surface area contributed by atoms with Gasteiger partial charge in [0.2, 0.25) is 0 Å². The Hall–Kier alpha value is -2.53. The summed E-state index contributed by atoms with van der Waals surface area (Å²) in [5, 5.41) is 0.839. The van der Waals surface area contributed by atoms with E-state index in [0.29, 0.717) is 11.1 Å². The molecule has 2 aromatic carbocycles. The van der Waals surface area contributed by atoms with Crippen LogP contribution >= 0.6 is 11.8 Å².